The van der Waals surface area contributed by atoms with Crippen LogP contribution in [-0.4, -0.2) is 37.0 Å². The minimum atomic E-state index is 0.432. The van der Waals surface area contributed by atoms with E-state index in [1.165, 1.54) is 38.8 Å². The van der Waals surface area contributed by atoms with Gasteiger partial charge in [-0.05, 0) is 38.0 Å². The summed E-state index contributed by atoms with van der Waals surface area (Å²) in [5.41, 5.74) is 0.432. The van der Waals surface area contributed by atoms with Crippen LogP contribution in [0.4, 0.5) is 0 Å². The lowest BCUT2D eigenvalue weighted by Gasteiger charge is -2.21. The van der Waals surface area contributed by atoms with Crippen LogP contribution in [0.1, 0.15) is 53.4 Å². The monoisotopic (exact) mass is 239 g/mol. The van der Waals surface area contributed by atoms with Crippen molar-refractivity contribution < 1.29 is 0 Å². The van der Waals surface area contributed by atoms with E-state index in [-0.39, 0.29) is 0 Å². The predicted octanol–water partition coefficient (Wildman–Crippen LogP) is 2.87. The molecule has 3 nitrogen and oxygen atoms in total. The Balaban J connectivity index is 2.35. The first-order chi connectivity index (χ1) is 8.03. The Labute approximate surface area is 107 Å². The molecule has 1 N–H and O–H groups in total. The minimum absolute atomic E-state index is 0.432. The van der Waals surface area contributed by atoms with E-state index in [1.54, 1.807) is 0 Å². The van der Waals surface area contributed by atoms with Crippen molar-refractivity contribution in [3.63, 3.8) is 0 Å². The van der Waals surface area contributed by atoms with Crippen molar-refractivity contribution >= 4 is 5.96 Å². The van der Waals surface area contributed by atoms with E-state index in [0.29, 0.717) is 5.41 Å². The van der Waals surface area contributed by atoms with Gasteiger partial charge in [0.2, 0.25) is 0 Å². The van der Waals surface area contributed by atoms with Crippen molar-refractivity contribution in [2.75, 3.05) is 26.2 Å². The van der Waals surface area contributed by atoms with Crippen molar-refractivity contribution in [3.05, 3.63) is 0 Å². The van der Waals surface area contributed by atoms with Crippen LogP contribution in [0, 0.1) is 5.41 Å². The number of aliphatic imine (C=N–C) groups is 1. The Morgan fingerprint density at radius 3 is 2.41 bits per heavy atom. The fourth-order valence-corrected chi connectivity index (χ4v) is 2.15. The maximum atomic E-state index is 4.73. The zero-order valence-electron chi connectivity index (χ0n) is 12.1. The second-order valence-corrected chi connectivity index (χ2v) is 6.09. The van der Waals surface area contributed by atoms with Crippen molar-refractivity contribution in [1.29, 1.82) is 0 Å². The number of nitrogens with zero attached hydrogens (tertiary/aromatic N) is 2. The number of nitrogens with one attached hydrogen (secondary N) is 1. The number of rotatable bonds is 4. The number of likely N-dealkylation sites (tertiary alicyclic amines) is 1. The number of hydrogen-bond donors (Lipinski definition) is 1. The highest BCUT2D eigenvalue weighted by atomic mass is 15.3. The van der Waals surface area contributed by atoms with E-state index in [4.69, 9.17) is 4.99 Å². The van der Waals surface area contributed by atoms with Crippen LogP contribution in [0.3, 0.4) is 0 Å². The Morgan fingerprint density at radius 2 is 1.88 bits per heavy atom. The van der Waals surface area contributed by atoms with Gasteiger partial charge >= 0.3 is 0 Å². The van der Waals surface area contributed by atoms with Crippen molar-refractivity contribution in [2.24, 2.45) is 10.4 Å². The van der Waals surface area contributed by atoms with Crippen LogP contribution in [0.2, 0.25) is 0 Å². The van der Waals surface area contributed by atoms with E-state index in [0.717, 1.165) is 19.0 Å². The first-order valence-corrected chi connectivity index (χ1v) is 7.06. The van der Waals surface area contributed by atoms with E-state index in [1.807, 2.05) is 0 Å². The molecule has 1 rings (SSSR count). The van der Waals surface area contributed by atoms with Crippen LogP contribution >= 0.6 is 0 Å². The molecule has 0 unspecified atom stereocenters. The van der Waals surface area contributed by atoms with Crippen molar-refractivity contribution in [3.8, 4) is 0 Å². The highest BCUT2D eigenvalue weighted by molar-refractivity contribution is 5.80. The molecule has 0 atom stereocenters. The molecule has 1 saturated heterocycles. The SMILES string of the molecule is CCNC(=NCCCC(C)(C)C)N1CCCC1. The molecule has 1 fully saturated rings. The van der Waals surface area contributed by atoms with Crippen LogP contribution in [-0.2, 0) is 0 Å². The molecule has 100 valence electrons. The summed E-state index contributed by atoms with van der Waals surface area (Å²) in [7, 11) is 0. The average Bonchev–Trinajstić information content (AvgIpc) is 2.74. The molecule has 0 aromatic rings. The third kappa shape index (κ3) is 5.94. The van der Waals surface area contributed by atoms with Gasteiger partial charge in [0, 0.05) is 26.2 Å². The predicted molar refractivity (Wildman–Crippen MR) is 75.5 cm³/mol. The summed E-state index contributed by atoms with van der Waals surface area (Å²) >= 11 is 0. The average molecular weight is 239 g/mol. The van der Waals surface area contributed by atoms with Crippen LogP contribution in [0.5, 0.6) is 0 Å². The molecule has 0 bridgehead atoms. The normalized spacial score (nSPS) is 17.6. The molecule has 1 aliphatic rings. The zero-order valence-corrected chi connectivity index (χ0v) is 12.1. The molecule has 0 aromatic carbocycles. The zero-order chi connectivity index (χ0) is 12.7. The van der Waals surface area contributed by atoms with Gasteiger partial charge in [0.1, 0.15) is 0 Å². The number of guanidine groups is 1. The van der Waals surface area contributed by atoms with Gasteiger partial charge in [-0.2, -0.15) is 0 Å². The van der Waals surface area contributed by atoms with Crippen molar-refractivity contribution in [1.82, 2.24) is 10.2 Å². The Morgan fingerprint density at radius 1 is 1.24 bits per heavy atom. The highest BCUT2D eigenvalue weighted by Crippen LogP contribution is 2.20. The summed E-state index contributed by atoms with van der Waals surface area (Å²) < 4.78 is 0. The Kier molecular flexibility index (Phi) is 5.79. The molecular weight excluding hydrogens is 210 g/mol. The molecule has 0 aromatic heterocycles. The van der Waals surface area contributed by atoms with Gasteiger partial charge in [-0.1, -0.05) is 20.8 Å². The maximum absolute atomic E-state index is 4.73. The van der Waals surface area contributed by atoms with Gasteiger partial charge in [0.05, 0.1) is 0 Å². The quantitative estimate of drug-likeness (QED) is 0.464. The van der Waals surface area contributed by atoms with Crippen LogP contribution in [0.25, 0.3) is 0 Å². The second kappa shape index (κ2) is 6.87. The van der Waals surface area contributed by atoms with E-state index in [9.17, 15) is 0 Å². The van der Waals surface area contributed by atoms with Gasteiger partial charge in [-0.25, -0.2) is 0 Å². The molecule has 0 aliphatic carbocycles. The lowest BCUT2D eigenvalue weighted by Crippen LogP contribution is -2.39. The van der Waals surface area contributed by atoms with Gasteiger partial charge < -0.3 is 10.2 Å². The lowest BCUT2D eigenvalue weighted by atomic mass is 9.91. The van der Waals surface area contributed by atoms with Gasteiger partial charge in [0.15, 0.2) is 5.96 Å². The highest BCUT2D eigenvalue weighted by Gasteiger charge is 2.15. The van der Waals surface area contributed by atoms with E-state index >= 15 is 0 Å². The molecule has 0 saturated carbocycles. The van der Waals surface area contributed by atoms with Crippen LogP contribution in [0.15, 0.2) is 4.99 Å². The second-order valence-electron chi connectivity index (χ2n) is 6.09. The molecule has 0 radical (unpaired) electrons. The molecule has 1 aliphatic heterocycles. The molecule has 3 heteroatoms. The number of hydrogen-bond acceptors (Lipinski definition) is 1. The van der Waals surface area contributed by atoms with Gasteiger partial charge in [-0.15, -0.1) is 0 Å². The maximum Gasteiger partial charge on any atom is 0.193 e. The van der Waals surface area contributed by atoms with Crippen LogP contribution < -0.4 is 5.32 Å². The fourth-order valence-electron chi connectivity index (χ4n) is 2.15. The summed E-state index contributed by atoms with van der Waals surface area (Å²) in [5, 5.41) is 3.40. The van der Waals surface area contributed by atoms with Gasteiger partial charge in [0.25, 0.3) is 0 Å². The molecular formula is C14H29N3. The largest absolute Gasteiger partial charge is 0.357 e. The summed E-state index contributed by atoms with van der Waals surface area (Å²) in [5.74, 6) is 1.12. The molecule has 0 amide bonds. The first-order valence-electron chi connectivity index (χ1n) is 7.06. The Hall–Kier alpha value is -0.730. The topological polar surface area (TPSA) is 27.6 Å². The summed E-state index contributed by atoms with van der Waals surface area (Å²) in [6.07, 6.45) is 5.06. The summed E-state index contributed by atoms with van der Waals surface area (Å²) in [6, 6.07) is 0. The van der Waals surface area contributed by atoms with E-state index < -0.39 is 0 Å². The third-order valence-electron chi connectivity index (χ3n) is 3.09. The third-order valence-corrected chi connectivity index (χ3v) is 3.09. The fraction of sp³-hybridized carbons (Fsp3) is 0.929. The molecule has 0 spiro atoms. The smallest absolute Gasteiger partial charge is 0.193 e. The minimum Gasteiger partial charge on any atom is -0.357 e. The molecule has 1 heterocycles. The summed E-state index contributed by atoms with van der Waals surface area (Å²) in [4.78, 5) is 7.12. The summed E-state index contributed by atoms with van der Waals surface area (Å²) in [6.45, 7) is 13.3. The van der Waals surface area contributed by atoms with Crippen molar-refractivity contribution in [2.45, 2.75) is 53.4 Å². The standard InChI is InChI=1S/C14H29N3/c1-5-15-13(17-11-6-7-12-17)16-10-8-9-14(2,3)4/h5-12H2,1-4H3,(H,15,16). The first kappa shape index (κ1) is 14.3. The van der Waals surface area contributed by atoms with E-state index in [2.05, 4.69) is 37.9 Å². The lowest BCUT2D eigenvalue weighted by molar-refractivity contribution is 0.367. The Bertz CT molecular complexity index is 234. The van der Waals surface area contributed by atoms with Gasteiger partial charge in [-0.3, -0.25) is 4.99 Å². The molecule has 17 heavy (non-hydrogen) atoms.